The number of piperidine rings is 1. The smallest absolute Gasteiger partial charge is 0.243 e. The predicted octanol–water partition coefficient (Wildman–Crippen LogP) is 1.97. The fourth-order valence-electron chi connectivity index (χ4n) is 3.80. The maximum Gasteiger partial charge on any atom is 0.243 e. The van der Waals surface area contributed by atoms with Gasteiger partial charge >= 0.3 is 0 Å². The average Bonchev–Trinajstić information content (AvgIpc) is 3.23. The molecule has 2 heterocycles. The molecule has 0 aromatic heterocycles. The van der Waals surface area contributed by atoms with Crippen molar-refractivity contribution in [2.75, 3.05) is 19.7 Å². The molecule has 3 rings (SSSR count). The standard InChI is InChI=1S/C20H28N2O5S/c1-14(19-4-3-13-27-19)21-20(24)17-9-11-22(12-10-17)28(25,26)18-7-5-16(6-8-18)15(2)23/h5-8,14,17,19H,3-4,9-13H2,1-2H3,(H,21,24). The van der Waals surface area contributed by atoms with E-state index < -0.39 is 10.0 Å². The zero-order valence-electron chi connectivity index (χ0n) is 16.4. The number of nitrogens with one attached hydrogen (secondary N) is 1. The molecule has 0 spiro atoms. The summed E-state index contributed by atoms with van der Waals surface area (Å²) in [4.78, 5) is 24.1. The summed E-state index contributed by atoms with van der Waals surface area (Å²) in [6.07, 6.45) is 3.04. The van der Waals surface area contributed by atoms with Gasteiger partial charge in [0.05, 0.1) is 17.0 Å². The molecule has 2 saturated heterocycles. The Morgan fingerprint density at radius 2 is 1.79 bits per heavy atom. The van der Waals surface area contributed by atoms with Crippen molar-refractivity contribution in [3.8, 4) is 0 Å². The first-order valence-corrected chi connectivity index (χ1v) is 11.3. The summed E-state index contributed by atoms with van der Waals surface area (Å²) < 4.78 is 32.7. The Labute approximate surface area is 166 Å². The number of benzene rings is 1. The lowest BCUT2D eigenvalue weighted by atomic mass is 9.96. The second-order valence-corrected chi connectivity index (χ2v) is 9.55. The summed E-state index contributed by atoms with van der Waals surface area (Å²) in [6.45, 7) is 4.76. The van der Waals surface area contributed by atoms with Gasteiger partial charge < -0.3 is 10.1 Å². The number of ketones is 1. The summed E-state index contributed by atoms with van der Waals surface area (Å²) in [5.74, 6) is -0.311. The van der Waals surface area contributed by atoms with Gasteiger partial charge in [0.15, 0.2) is 5.78 Å². The Kier molecular flexibility index (Phi) is 6.52. The fraction of sp³-hybridized carbons (Fsp3) is 0.600. The van der Waals surface area contributed by atoms with Crippen LogP contribution in [-0.2, 0) is 19.6 Å². The average molecular weight is 409 g/mol. The van der Waals surface area contributed by atoms with Gasteiger partial charge in [-0.3, -0.25) is 9.59 Å². The van der Waals surface area contributed by atoms with Gasteiger partial charge in [-0.05, 0) is 51.7 Å². The van der Waals surface area contributed by atoms with Crippen LogP contribution in [0.1, 0.15) is 49.9 Å². The molecule has 2 fully saturated rings. The lowest BCUT2D eigenvalue weighted by Gasteiger charge is -2.31. The van der Waals surface area contributed by atoms with Crippen LogP contribution in [0.4, 0.5) is 0 Å². The third kappa shape index (κ3) is 4.61. The number of Topliss-reactive ketones (excluding diaryl/α,β-unsaturated/α-hetero) is 1. The first-order valence-electron chi connectivity index (χ1n) is 9.82. The normalized spacial score (nSPS) is 22.7. The van der Waals surface area contributed by atoms with Gasteiger partial charge in [0.1, 0.15) is 0 Å². The van der Waals surface area contributed by atoms with Crippen LogP contribution < -0.4 is 5.32 Å². The van der Waals surface area contributed by atoms with Crippen LogP contribution >= 0.6 is 0 Å². The van der Waals surface area contributed by atoms with Crippen molar-refractivity contribution in [3.63, 3.8) is 0 Å². The molecule has 2 unspecified atom stereocenters. The number of nitrogens with zero attached hydrogens (tertiary/aromatic N) is 1. The highest BCUT2D eigenvalue weighted by molar-refractivity contribution is 7.89. The first kappa shape index (κ1) is 21.0. The van der Waals surface area contributed by atoms with Gasteiger partial charge in [-0.1, -0.05) is 12.1 Å². The Bertz CT molecular complexity index is 808. The van der Waals surface area contributed by atoms with E-state index in [2.05, 4.69) is 5.32 Å². The molecule has 0 radical (unpaired) electrons. The minimum Gasteiger partial charge on any atom is -0.376 e. The minimum atomic E-state index is -3.62. The van der Waals surface area contributed by atoms with Crippen LogP contribution in [0.25, 0.3) is 0 Å². The van der Waals surface area contributed by atoms with E-state index in [9.17, 15) is 18.0 Å². The van der Waals surface area contributed by atoms with Crippen LogP contribution in [0.2, 0.25) is 0 Å². The first-order chi connectivity index (χ1) is 13.3. The van der Waals surface area contributed by atoms with Crippen molar-refractivity contribution in [1.29, 1.82) is 0 Å². The quantitative estimate of drug-likeness (QED) is 0.727. The SMILES string of the molecule is CC(=O)c1ccc(S(=O)(=O)N2CCC(C(=O)NC(C)C3CCCO3)CC2)cc1. The molecule has 0 aliphatic carbocycles. The number of rotatable bonds is 6. The molecule has 1 amide bonds. The van der Waals surface area contributed by atoms with Gasteiger partial charge in [-0.2, -0.15) is 4.31 Å². The number of carbonyl (C=O) groups is 2. The maximum atomic E-state index is 12.8. The molecular formula is C20H28N2O5S. The monoisotopic (exact) mass is 408 g/mol. The van der Waals surface area contributed by atoms with Crippen molar-refractivity contribution >= 4 is 21.7 Å². The summed E-state index contributed by atoms with van der Waals surface area (Å²) in [5, 5.41) is 3.03. The zero-order valence-corrected chi connectivity index (χ0v) is 17.2. The molecule has 0 bridgehead atoms. The number of amides is 1. The van der Waals surface area contributed by atoms with Gasteiger partial charge in [-0.25, -0.2) is 8.42 Å². The van der Waals surface area contributed by atoms with Crippen LogP contribution in [-0.4, -0.2) is 56.3 Å². The van der Waals surface area contributed by atoms with Crippen molar-refractivity contribution in [1.82, 2.24) is 9.62 Å². The summed E-state index contributed by atoms with van der Waals surface area (Å²) in [7, 11) is -3.62. The number of hydrogen-bond donors (Lipinski definition) is 1. The molecular weight excluding hydrogens is 380 g/mol. The molecule has 8 heteroatoms. The number of carbonyl (C=O) groups excluding carboxylic acids is 2. The number of ether oxygens (including phenoxy) is 1. The largest absolute Gasteiger partial charge is 0.376 e. The molecule has 0 saturated carbocycles. The summed E-state index contributed by atoms with van der Waals surface area (Å²) in [5.41, 5.74) is 0.481. The van der Waals surface area contributed by atoms with E-state index in [1.54, 1.807) is 0 Å². The van der Waals surface area contributed by atoms with Crippen LogP contribution in [0.5, 0.6) is 0 Å². The van der Waals surface area contributed by atoms with Crippen LogP contribution in [0.15, 0.2) is 29.2 Å². The molecule has 1 aromatic carbocycles. The zero-order chi connectivity index (χ0) is 20.3. The van der Waals surface area contributed by atoms with Crippen molar-refractivity contribution in [2.24, 2.45) is 5.92 Å². The molecule has 1 N–H and O–H groups in total. The Balaban J connectivity index is 1.56. The summed E-state index contributed by atoms with van der Waals surface area (Å²) >= 11 is 0. The molecule has 1 aromatic rings. The topological polar surface area (TPSA) is 92.8 Å². The lowest BCUT2D eigenvalue weighted by molar-refractivity contribution is -0.127. The minimum absolute atomic E-state index is 0.0224. The Morgan fingerprint density at radius 3 is 2.32 bits per heavy atom. The fourth-order valence-corrected chi connectivity index (χ4v) is 5.27. The van der Waals surface area contributed by atoms with Crippen LogP contribution in [0, 0.1) is 5.92 Å². The Hall–Kier alpha value is -1.77. The molecule has 28 heavy (non-hydrogen) atoms. The van der Waals surface area contributed by atoms with E-state index in [1.807, 2.05) is 6.92 Å². The molecule has 154 valence electrons. The molecule has 2 atom stereocenters. The highest BCUT2D eigenvalue weighted by Crippen LogP contribution is 2.25. The molecule has 2 aliphatic heterocycles. The van der Waals surface area contributed by atoms with Gasteiger partial charge in [0.25, 0.3) is 0 Å². The van der Waals surface area contributed by atoms with E-state index in [4.69, 9.17) is 4.74 Å². The van der Waals surface area contributed by atoms with Crippen LogP contribution in [0.3, 0.4) is 0 Å². The maximum absolute atomic E-state index is 12.8. The third-order valence-electron chi connectivity index (χ3n) is 5.62. The van der Waals surface area contributed by atoms with Crippen molar-refractivity contribution in [3.05, 3.63) is 29.8 Å². The lowest BCUT2D eigenvalue weighted by Crippen LogP contribution is -2.47. The predicted molar refractivity (Wildman–Crippen MR) is 105 cm³/mol. The van der Waals surface area contributed by atoms with E-state index in [0.717, 1.165) is 19.4 Å². The van der Waals surface area contributed by atoms with E-state index in [-0.39, 0.29) is 34.6 Å². The molecule has 2 aliphatic rings. The van der Waals surface area contributed by atoms with Crippen molar-refractivity contribution in [2.45, 2.75) is 56.6 Å². The second kappa shape index (κ2) is 8.71. The van der Waals surface area contributed by atoms with E-state index >= 15 is 0 Å². The Morgan fingerprint density at radius 1 is 1.14 bits per heavy atom. The van der Waals surface area contributed by atoms with Crippen molar-refractivity contribution < 1.29 is 22.7 Å². The number of hydrogen-bond acceptors (Lipinski definition) is 5. The number of sulfonamides is 1. The highest BCUT2D eigenvalue weighted by Gasteiger charge is 2.33. The van der Waals surface area contributed by atoms with Gasteiger partial charge in [0, 0.05) is 31.2 Å². The van der Waals surface area contributed by atoms with Gasteiger partial charge in [-0.15, -0.1) is 0 Å². The van der Waals surface area contributed by atoms with E-state index in [0.29, 0.717) is 31.5 Å². The summed E-state index contributed by atoms with van der Waals surface area (Å²) in [6, 6.07) is 5.96. The highest BCUT2D eigenvalue weighted by atomic mass is 32.2. The van der Waals surface area contributed by atoms with Gasteiger partial charge in [0.2, 0.25) is 15.9 Å². The third-order valence-corrected chi connectivity index (χ3v) is 7.53. The van der Waals surface area contributed by atoms with E-state index in [1.165, 1.54) is 35.5 Å². The molecule has 7 nitrogen and oxygen atoms in total. The second-order valence-electron chi connectivity index (χ2n) is 7.61.